The van der Waals surface area contributed by atoms with Gasteiger partial charge in [-0.3, -0.25) is 0 Å². The second-order valence-electron chi connectivity index (χ2n) is 5.11. The minimum absolute atomic E-state index is 0.223. The number of carbonyl (C=O) groups is 1. The highest BCUT2D eigenvalue weighted by Gasteiger charge is 2.33. The number of nitrogens with zero attached hydrogens (tertiary/aromatic N) is 1. The van der Waals surface area contributed by atoms with E-state index >= 15 is 0 Å². The summed E-state index contributed by atoms with van der Waals surface area (Å²) in [5.41, 5.74) is 8.15. The Balaban J connectivity index is 1.95. The smallest absolute Gasteiger partial charge is 0.331 e. The Morgan fingerprint density at radius 1 is 1.18 bits per heavy atom. The predicted octanol–water partition coefficient (Wildman–Crippen LogP) is 3.58. The molecule has 0 saturated carbocycles. The molecule has 114 valence electrons. The quantitative estimate of drug-likeness (QED) is 0.932. The number of carbonyl (C=O) groups excluding carboxylic acids is 1. The third-order valence-corrected chi connectivity index (χ3v) is 5.74. The van der Waals surface area contributed by atoms with Crippen molar-refractivity contribution in [1.29, 1.82) is 0 Å². The van der Waals surface area contributed by atoms with Gasteiger partial charge in [0.15, 0.2) is 0 Å². The normalized spacial score (nSPS) is 17.8. The molecular formula is C16H15ClN2O2S. The monoisotopic (exact) mass is 334 g/mol. The van der Waals surface area contributed by atoms with Crippen LogP contribution in [0.3, 0.4) is 0 Å². The van der Waals surface area contributed by atoms with Crippen LogP contribution in [-0.4, -0.2) is 10.2 Å². The number of amides is 2. The van der Waals surface area contributed by atoms with E-state index in [-0.39, 0.29) is 5.25 Å². The third-order valence-electron chi connectivity index (χ3n) is 3.76. The highest BCUT2D eigenvalue weighted by Crippen LogP contribution is 2.37. The summed E-state index contributed by atoms with van der Waals surface area (Å²) in [5, 5.41) is 0.324. The molecule has 0 bridgehead atoms. The zero-order chi connectivity index (χ0) is 15.7. The number of primary amides is 1. The SMILES string of the molecule is NC(=O)N(c1ccc(Cl)cc1)S(=O)C1CCc2ccccc21. The van der Waals surface area contributed by atoms with E-state index < -0.39 is 17.0 Å². The highest BCUT2D eigenvalue weighted by molar-refractivity contribution is 7.87. The molecule has 3 rings (SSSR count). The van der Waals surface area contributed by atoms with E-state index in [1.807, 2.05) is 24.3 Å². The first-order valence-corrected chi connectivity index (χ1v) is 8.46. The average Bonchev–Trinajstić information content (AvgIpc) is 2.93. The van der Waals surface area contributed by atoms with Crippen LogP contribution in [0.1, 0.15) is 22.8 Å². The molecule has 0 radical (unpaired) electrons. The molecule has 1 aliphatic rings. The number of hydrogen-bond donors (Lipinski definition) is 1. The van der Waals surface area contributed by atoms with Crippen molar-refractivity contribution in [2.75, 3.05) is 4.31 Å². The lowest BCUT2D eigenvalue weighted by molar-refractivity contribution is 0.257. The number of halogens is 1. The Kier molecular flexibility index (Phi) is 4.18. The van der Waals surface area contributed by atoms with Gasteiger partial charge in [-0.1, -0.05) is 35.9 Å². The van der Waals surface area contributed by atoms with Gasteiger partial charge in [0.25, 0.3) is 0 Å². The Hall–Kier alpha value is -1.85. The second kappa shape index (κ2) is 6.10. The molecule has 0 heterocycles. The van der Waals surface area contributed by atoms with Gasteiger partial charge in [-0.2, -0.15) is 0 Å². The van der Waals surface area contributed by atoms with Crippen molar-refractivity contribution < 1.29 is 9.00 Å². The van der Waals surface area contributed by atoms with E-state index in [0.29, 0.717) is 10.7 Å². The zero-order valence-corrected chi connectivity index (χ0v) is 13.3. The van der Waals surface area contributed by atoms with Crippen LogP contribution in [0.25, 0.3) is 0 Å². The van der Waals surface area contributed by atoms with Crippen molar-refractivity contribution in [2.45, 2.75) is 18.1 Å². The van der Waals surface area contributed by atoms with Gasteiger partial charge in [-0.15, -0.1) is 0 Å². The number of benzene rings is 2. The van der Waals surface area contributed by atoms with Crippen LogP contribution in [-0.2, 0) is 17.4 Å². The third kappa shape index (κ3) is 2.74. The van der Waals surface area contributed by atoms with Crippen molar-refractivity contribution in [3.05, 3.63) is 64.7 Å². The van der Waals surface area contributed by atoms with Gasteiger partial charge >= 0.3 is 6.03 Å². The molecule has 2 aromatic rings. The van der Waals surface area contributed by atoms with Gasteiger partial charge in [0.1, 0.15) is 11.0 Å². The van der Waals surface area contributed by atoms with E-state index in [0.717, 1.165) is 22.7 Å². The molecule has 1 aliphatic carbocycles. The van der Waals surface area contributed by atoms with Crippen molar-refractivity contribution in [3.63, 3.8) is 0 Å². The lowest BCUT2D eigenvalue weighted by Crippen LogP contribution is -2.39. The van der Waals surface area contributed by atoms with Gasteiger partial charge in [0, 0.05) is 5.02 Å². The topological polar surface area (TPSA) is 63.4 Å². The average molecular weight is 335 g/mol. The number of aryl methyl sites for hydroxylation is 1. The molecule has 2 amide bonds. The molecule has 0 aliphatic heterocycles. The molecule has 2 unspecified atom stereocenters. The summed E-state index contributed by atoms with van der Waals surface area (Å²) in [5.74, 6) is 0. The summed E-state index contributed by atoms with van der Waals surface area (Å²) in [4.78, 5) is 11.8. The summed E-state index contributed by atoms with van der Waals surface area (Å²) in [6.07, 6.45) is 1.60. The molecule has 0 saturated heterocycles. The van der Waals surface area contributed by atoms with Crippen LogP contribution in [0.4, 0.5) is 10.5 Å². The van der Waals surface area contributed by atoms with E-state index in [4.69, 9.17) is 17.3 Å². The first-order valence-electron chi connectivity index (χ1n) is 6.91. The molecule has 22 heavy (non-hydrogen) atoms. The predicted molar refractivity (Wildman–Crippen MR) is 89.2 cm³/mol. The van der Waals surface area contributed by atoms with Crippen LogP contribution in [0.15, 0.2) is 48.5 Å². The van der Waals surface area contributed by atoms with Crippen molar-refractivity contribution >= 4 is 34.3 Å². The Morgan fingerprint density at radius 3 is 2.55 bits per heavy atom. The zero-order valence-electron chi connectivity index (χ0n) is 11.7. The summed E-state index contributed by atoms with van der Waals surface area (Å²) in [7, 11) is -1.57. The molecule has 2 aromatic carbocycles. The minimum Gasteiger partial charge on any atom is -0.350 e. The number of rotatable bonds is 3. The molecule has 0 fully saturated rings. The first kappa shape index (κ1) is 15.1. The summed E-state index contributed by atoms with van der Waals surface area (Å²) < 4.78 is 14.1. The van der Waals surface area contributed by atoms with Crippen molar-refractivity contribution in [2.24, 2.45) is 5.73 Å². The molecule has 0 spiro atoms. The molecule has 0 aromatic heterocycles. The van der Waals surface area contributed by atoms with Crippen LogP contribution < -0.4 is 10.0 Å². The standard InChI is InChI=1S/C16H15ClN2O2S/c17-12-6-8-13(9-7-12)19(16(18)20)22(21)15-10-5-11-3-1-2-4-14(11)15/h1-4,6-9,15H,5,10H2,(H2,18,20). The Bertz CT molecular complexity index is 733. The maximum Gasteiger partial charge on any atom is 0.331 e. The van der Waals surface area contributed by atoms with Crippen LogP contribution in [0.2, 0.25) is 5.02 Å². The van der Waals surface area contributed by atoms with E-state index in [1.165, 1.54) is 5.56 Å². The van der Waals surface area contributed by atoms with Gasteiger partial charge in [-0.25, -0.2) is 13.3 Å². The minimum atomic E-state index is -1.57. The van der Waals surface area contributed by atoms with Gasteiger partial charge in [-0.05, 0) is 48.2 Å². The molecule has 2 atom stereocenters. The van der Waals surface area contributed by atoms with Crippen molar-refractivity contribution in [1.82, 2.24) is 0 Å². The summed E-state index contributed by atoms with van der Waals surface area (Å²) in [6.45, 7) is 0. The van der Waals surface area contributed by atoms with E-state index in [1.54, 1.807) is 24.3 Å². The van der Waals surface area contributed by atoms with Gasteiger partial charge in [0.05, 0.1) is 10.9 Å². The maximum atomic E-state index is 12.9. The molecule has 2 N–H and O–H groups in total. The number of fused-ring (bicyclic) bond motifs is 1. The maximum absolute atomic E-state index is 12.9. The molecule has 4 nitrogen and oxygen atoms in total. The lowest BCUT2D eigenvalue weighted by atomic mass is 10.1. The van der Waals surface area contributed by atoms with Gasteiger partial charge in [0.2, 0.25) is 0 Å². The lowest BCUT2D eigenvalue weighted by Gasteiger charge is -2.23. The van der Waals surface area contributed by atoms with Gasteiger partial charge < -0.3 is 5.73 Å². The number of hydrogen-bond acceptors (Lipinski definition) is 2. The summed E-state index contributed by atoms with van der Waals surface area (Å²) >= 11 is 5.86. The number of anilines is 1. The number of urea groups is 1. The van der Waals surface area contributed by atoms with E-state index in [9.17, 15) is 9.00 Å². The number of nitrogens with two attached hydrogens (primary N) is 1. The van der Waals surface area contributed by atoms with E-state index in [2.05, 4.69) is 0 Å². The second-order valence-corrected chi connectivity index (χ2v) is 7.03. The molecular weight excluding hydrogens is 320 g/mol. The van der Waals surface area contributed by atoms with Crippen LogP contribution >= 0.6 is 11.6 Å². The first-order chi connectivity index (χ1) is 10.6. The fraction of sp³-hybridized carbons (Fsp3) is 0.188. The molecule has 6 heteroatoms. The highest BCUT2D eigenvalue weighted by atomic mass is 35.5. The largest absolute Gasteiger partial charge is 0.350 e. The van der Waals surface area contributed by atoms with Crippen molar-refractivity contribution in [3.8, 4) is 0 Å². The van der Waals surface area contributed by atoms with Crippen LogP contribution in [0.5, 0.6) is 0 Å². The fourth-order valence-corrected chi connectivity index (χ4v) is 4.41. The Labute approximate surface area is 136 Å². The Morgan fingerprint density at radius 2 is 1.86 bits per heavy atom. The van der Waals surface area contributed by atoms with Crippen LogP contribution in [0, 0.1) is 0 Å². The fourth-order valence-electron chi connectivity index (χ4n) is 2.75. The summed E-state index contributed by atoms with van der Waals surface area (Å²) in [6, 6.07) is 13.7.